The van der Waals surface area contributed by atoms with Crippen LogP contribution in [0.5, 0.6) is 5.75 Å². The van der Waals surface area contributed by atoms with Crippen LogP contribution in [-0.4, -0.2) is 40.3 Å². The molecule has 2 atom stereocenters. The summed E-state index contributed by atoms with van der Waals surface area (Å²) in [5.74, 6) is 0.511. The van der Waals surface area contributed by atoms with Crippen LogP contribution in [0, 0.1) is 15.5 Å². The lowest BCUT2D eigenvalue weighted by Crippen LogP contribution is -2.37. The Balaban J connectivity index is 2.12. The standard InChI is InChI=1S/C27H34N2O6S2/c1-5-8-14-27(6-2)18-28(20-9-11-21(12-10-20)29(31)32)22-16-24(36-4)23(17-25(22)37(33)19-27)35-15-13-26(30)34-7-3/h9-13,15-17H,5-8,14,18-19H2,1-4H3/b15-13+. The highest BCUT2D eigenvalue weighted by Gasteiger charge is 2.38. The van der Waals surface area contributed by atoms with E-state index in [2.05, 4.69) is 18.7 Å². The quantitative estimate of drug-likeness (QED) is 0.0774. The Hall–Kier alpha value is -2.85. The zero-order chi connectivity index (χ0) is 27.0. The number of fused-ring (bicyclic) bond motifs is 1. The van der Waals surface area contributed by atoms with Gasteiger partial charge in [-0.2, -0.15) is 0 Å². The van der Waals surface area contributed by atoms with Crippen LogP contribution in [0.3, 0.4) is 0 Å². The third kappa shape index (κ3) is 6.93. The Morgan fingerprint density at radius 3 is 2.57 bits per heavy atom. The molecule has 8 nitrogen and oxygen atoms in total. The van der Waals surface area contributed by atoms with Crippen LogP contribution >= 0.6 is 11.8 Å². The topological polar surface area (TPSA) is 99.0 Å². The van der Waals surface area contributed by atoms with Gasteiger partial charge in [0.05, 0.1) is 50.1 Å². The molecule has 3 rings (SSSR count). The Labute approximate surface area is 225 Å². The first-order valence-electron chi connectivity index (χ1n) is 12.4. The fourth-order valence-corrected chi connectivity index (χ4v) is 6.76. The highest BCUT2D eigenvalue weighted by atomic mass is 32.2. The molecule has 1 aliphatic heterocycles. The molecule has 2 aromatic carbocycles. The van der Waals surface area contributed by atoms with Crippen LogP contribution in [0.25, 0.3) is 0 Å². The van der Waals surface area contributed by atoms with E-state index >= 15 is 0 Å². The van der Waals surface area contributed by atoms with E-state index in [4.69, 9.17) is 9.47 Å². The van der Waals surface area contributed by atoms with Gasteiger partial charge in [0.15, 0.2) is 0 Å². The van der Waals surface area contributed by atoms with Gasteiger partial charge in [0.2, 0.25) is 0 Å². The smallest absolute Gasteiger partial charge is 0.333 e. The summed E-state index contributed by atoms with van der Waals surface area (Å²) in [4.78, 5) is 26.1. The number of hydrogen-bond acceptors (Lipinski definition) is 8. The first-order chi connectivity index (χ1) is 17.8. The van der Waals surface area contributed by atoms with E-state index in [0.29, 0.717) is 22.9 Å². The molecular formula is C27H34N2O6S2. The summed E-state index contributed by atoms with van der Waals surface area (Å²) in [5.41, 5.74) is 1.44. The molecule has 37 heavy (non-hydrogen) atoms. The SMILES string of the molecule is CCCCC1(CC)CN(c2ccc([N+](=O)[O-])cc2)c2cc(SC)c(O/C=C/C(=O)OCC)cc2S(=O)C1. The van der Waals surface area contributed by atoms with Gasteiger partial charge in [-0.1, -0.05) is 26.7 Å². The van der Waals surface area contributed by atoms with Gasteiger partial charge in [-0.25, -0.2) is 4.79 Å². The Bertz CT molecular complexity index is 1170. The minimum Gasteiger partial charge on any atom is -0.464 e. The summed E-state index contributed by atoms with van der Waals surface area (Å²) >= 11 is 1.48. The lowest BCUT2D eigenvalue weighted by atomic mass is 9.81. The number of nitro groups is 1. The average molecular weight is 547 g/mol. The Morgan fingerprint density at radius 1 is 1.24 bits per heavy atom. The number of benzene rings is 2. The van der Waals surface area contributed by atoms with Crippen molar-refractivity contribution >= 4 is 45.6 Å². The number of ether oxygens (including phenoxy) is 2. The molecule has 0 saturated heterocycles. The number of unbranched alkanes of at least 4 members (excludes halogenated alkanes) is 1. The lowest BCUT2D eigenvalue weighted by molar-refractivity contribution is -0.384. The fourth-order valence-electron chi connectivity index (χ4n) is 4.43. The summed E-state index contributed by atoms with van der Waals surface area (Å²) in [6.07, 6.45) is 8.28. The molecule has 200 valence electrons. The normalized spacial score (nSPS) is 19.4. The van der Waals surface area contributed by atoms with Crippen molar-refractivity contribution in [2.75, 3.05) is 30.1 Å². The Kier molecular flexibility index (Phi) is 10.2. The van der Waals surface area contributed by atoms with Crippen molar-refractivity contribution in [3.63, 3.8) is 0 Å². The van der Waals surface area contributed by atoms with Gasteiger partial charge >= 0.3 is 5.97 Å². The number of nitro benzene ring substituents is 1. The van der Waals surface area contributed by atoms with Crippen LogP contribution in [0.15, 0.2) is 58.5 Å². The number of non-ortho nitro benzene ring substituents is 1. The number of rotatable bonds is 11. The zero-order valence-electron chi connectivity index (χ0n) is 21.7. The monoisotopic (exact) mass is 546 g/mol. The Morgan fingerprint density at radius 2 is 1.97 bits per heavy atom. The summed E-state index contributed by atoms with van der Waals surface area (Å²) in [6, 6.07) is 10.3. The molecule has 0 bridgehead atoms. The third-order valence-electron chi connectivity index (χ3n) is 6.58. The van der Waals surface area contributed by atoms with Crippen molar-refractivity contribution in [2.24, 2.45) is 5.41 Å². The van der Waals surface area contributed by atoms with E-state index in [-0.39, 0.29) is 17.7 Å². The van der Waals surface area contributed by atoms with Crippen LogP contribution in [0.1, 0.15) is 46.5 Å². The molecule has 1 heterocycles. The molecule has 1 aliphatic rings. The second kappa shape index (κ2) is 13.1. The van der Waals surface area contributed by atoms with Gasteiger partial charge in [0.1, 0.15) is 5.75 Å². The third-order valence-corrected chi connectivity index (χ3v) is 9.03. The van der Waals surface area contributed by atoms with Crippen molar-refractivity contribution in [3.05, 3.63) is 58.9 Å². The molecule has 0 spiro atoms. The highest BCUT2D eigenvalue weighted by molar-refractivity contribution is 7.98. The van der Waals surface area contributed by atoms with Crippen molar-refractivity contribution in [1.29, 1.82) is 0 Å². The molecular weight excluding hydrogens is 512 g/mol. The van der Waals surface area contributed by atoms with Crippen LogP contribution in [0.4, 0.5) is 17.1 Å². The molecule has 2 aromatic rings. The summed E-state index contributed by atoms with van der Waals surface area (Å²) in [5, 5.41) is 11.2. The molecule has 10 heteroatoms. The first kappa shape index (κ1) is 28.7. The van der Waals surface area contributed by atoms with Gasteiger partial charge in [0, 0.05) is 36.2 Å². The number of thioether (sulfide) groups is 1. The lowest BCUT2D eigenvalue weighted by Gasteiger charge is -2.36. The van der Waals surface area contributed by atoms with Crippen LogP contribution in [-0.2, 0) is 20.3 Å². The molecule has 0 saturated carbocycles. The zero-order valence-corrected chi connectivity index (χ0v) is 23.4. The van der Waals surface area contributed by atoms with E-state index in [1.807, 2.05) is 12.3 Å². The number of hydrogen-bond donors (Lipinski definition) is 0. The van der Waals surface area contributed by atoms with E-state index in [9.17, 15) is 19.1 Å². The van der Waals surface area contributed by atoms with Gasteiger partial charge in [-0.3, -0.25) is 14.3 Å². The second-order valence-electron chi connectivity index (χ2n) is 8.95. The minimum atomic E-state index is -1.30. The molecule has 0 aliphatic carbocycles. The van der Waals surface area contributed by atoms with E-state index < -0.39 is 21.7 Å². The highest BCUT2D eigenvalue weighted by Crippen LogP contribution is 2.46. The largest absolute Gasteiger partial charge is 0.464 e. The van der Waals surface area contributed by atoms with E-state index in [1.54, 1.807) is 25.1 Å². The second-order valence-corrected chi connectivity index (χ2v) is 11.2. The number of nitrogens with zero attached hydrogens (tertiary/aromatic N) is 2. The van der Waals surface area contributed by atoms with Crippen molar-refractivity contribution in [2.45, 2.75) is 56.2 Å². The van der Waals surface area contributed by atoms with Gasteiger partial charge in [0.25, 0.3) is 5.69 Å². The molecule has 0 fully saturated rings. The summed E-state index contributed by atoms with van der Waals surface area (Å²) < 4.78 is 24.5. The first-order valence-corrected chi connectivity index (χ1v) is 14.9. The average Bonchev–Trinajstić information content (AvgIpc) is 3.01. The maximum Gasteiger partial charge on any atom is 0.333 e. The van der Waals surface area contributed by atoms with Gasteiger partial charge < -0.3 is 14.4 Å². The number of anilines is 2. The maximum atomic E-state index is 13.8. The summed E-state index contributed by atoms with van der Waals surface area (Å²) in [6.45, 7) is 6.94. The fraction of sp³-hybridized carbons (Fsp3) is 0.444. The number of esters is 1. The van der Waals surface area contributed by atoms with Gasteiger partial charge in [-0.05, 0) is 49.6 Å². The maximum absolute atomic E-state index is 13.8. The molecule has 2 unspecified atom stereocenters. The van der Waals surface area contributed by atoms with Crippen LogP contribution < -0.4 is 9.64 Å². The summed E-state index contributed by atoms with van der Waals surface area (Å²) in [7, 11) is -1.30. The number of carbonyl (C=O) groups excluding carboxylic acids is 1. The predicted octanol–water partition coefficient (Wildman–Crippen LogP) is 6.62. The van der Waals surface area contributed by atoms with Crippen molar-refractivity contribution in [1.82, 2.24) is 0 Å². The van der Waals surface area contributed by atoms with E-state index in [0.717, 1.165) is 42.0 Å². The molecule has 0 radical (unpaired) electrons. The number of carbonyl (C=O) groups is 1. The molecule has 0 N–H and O–H groups in total. The van der Waals surface area contributed by atoms with Crippen molar-refractivity contribution < 1.29 is 23.4 Å². The molecule has 0 aromatic heterocycles. The van der Waals surface area contributed by atoms with E-state index in [1.165, 1.54) is 36.2 Å². The molecule has 0 amide bonds. The van der Waals surface area contributed by atoms with Gasteiger partial charge in [-0.15, -0.1) is 11.8 Å². The van der Waals surface area contributed by atoms with Crippen molar-refractivity contribution in [3.8, 4) is 5.75 Å². The van der Waals surface area contributed by atoms with Crippen LogP contribution in [0.2, 0.25) is 0 Å². The minimum absolute atomic E-state index is 0.0250. The predicted molar refractivity (Wildman–Crippen MR) is 148 cm³/mol.